The minimum atomic E-state index is -1.07. The first-order valence-electron chi connectivity index (χ1n) is 7.46. The van der Waals surface area contributed by atoms with Crippen molar-refractivity contribution in [3.05, 3.63) is 71.8 Å². The molecular formula is C19H25N3O7. The number of hydrogen-bond donors (Lipinski definition) is 5. The van der Waals surface area contributed by atoms with Crippen molar-refractivity contribution in [2.24, 2.45) is 0 Å². The summed E-state index contributed by atoms with van der Waals surface area (Å²) in [6.45, 7) is 8.54. The summed E-state index contributed by atoms with van der Waals surface area (Å²) in [7, 11) is 1.53. The fraction of sp³-hybridized carbons (Fsp3) is 0.211. The number of aryl methyl sites for hydroxylation is 1. The first kappa shape index (κ1) is 27.5. The number of nitrogens with zero attached hydrogens (tertiary/aromatic N) is 1. The van der Waals surface area contributed by atoms with Crippen LogP contribution in [0.5, 0.6) is 0 Å². The van der Waals surface area contributed by atoms with E-state index < -0.39 is 11.9 Å². The van der Waals surface area contributed by atoms with Gasteiger partial charge in [0.15, 0.2) is 0 Å². The molecular weight excluding hydrogens is 382 g/mol. The van der Waals surface area contributed by atoms with Gasteiger partial charge in [0.1, 0.15) is 18.1 Å². The van der Waals surface area contributed by atoms with Gasteiger partial charge in [0.2, 0.25) is 0 Å². The zero-order valence-corrected chi connectivity index (χ0v) is 15.4. The zero-order valence-electron chi connectivity index (χ0n) is 15.4. The zero-order chi connectivity index (χ0) is 21.5. The van der Waals surface area contributed by atoms with Crippen LogP contribution in [0.25, 0.3) is 0 Å². The number of aromatic carboxylic acids is 2. The van der Waals surface area contributed by atoms with Crippen LogP contribution in [0, 0.1) is 6.92 Å². The van der Waals surface area contributed by atoms with E-state index in [1.807, 2.05) is 12.4 Å². The highest BCUT2D eigenvalue weighted by molar-refractivity contribution is 5.87. The van der Waals surface area contributed by atoms with Crippen LogP contribution in [-0.4, -0.2) is 44.1 Å². The van der Waals surface area contributed by atoms with Gasteiger partial charge in [0.25, 0.3) is 0 Å². The molecule has 0 atom stereocenters. The van der Waals surface area contributed by atoms with Crippen molar-refractivity contribution in [1.29, 1.82) is 0 Å². The topological polar surface area (TPSA) is 146 Å². The number of rotatable bonds is 6. The number of carbonyl (C=O) groups is 2. The normalized spacial score (nSPS) is 8.38. The summed E-state index contributed by atoms with van der Waals surface area (Å²) in [5.74, 6) is -2.00. The summed E-state index contributed by atoms with van der Waals surface area (Å²) in [4.78, 5) is 26.9. The van der Waals surface area contributed by atoms with Gasteiger partial charge in [-0.25, -0.2) is 20.3 Å². The lowest BCUT2D eigenvalue weighted by Gasteiger charge is -2.02. The molecule has 5 N–H and O–H groups in total. The Hall–Kier alpha value is -3.74. The maximum Gasteiger partial charge on any atom is 0.352 e. The smallest absolute Gasteiger partial charge is 0.352 e. The molecule has 158 valence electrons. The molecule has 2 rings (SSSR count). The predicted octanol–water partition coefficient (Wildman–Crippen LogP) is 3.53. The molecule has 0 spiro atoms. The van der Waals surface area contributed by atoms with Gasteiger partial charge in [-0.05, 0) is 43.5 Å². The number of methoxy groups -OCH3 is 1. The number of anilines is 1. The minimum Gasteiger partial charge on any atom is -0.477 e. The third-order valence-corrected chi connectivity index (χ3v) is 2.77. The minimum absolute atomic E-state index is 0. The van der Waals surface area contributed by atoms with E-state index in [0.29, 0.717) is 5.69 Å². The van der Waals surface area contributed by atoms with E-state index in [1.165, 1.54) is 19.4 Å². The van der Waals surface area contributed by atoms with Gasteiger partial charge in [-0.1, -0.05) is 18.9 Å². The Bertz CT molecular complexity index is 870. The number of aromatic nitrogens is 2. The standard InChI is InChI=1S/C8H11NO3.C5H6N2O4.C5H4.CH4/c1-6-3-7(8(10)11)9(4-6)5-12-2;8-5(9)4-1-3(2-6-4)7-11-10;1-3-5-4-2;/h3-4H,5H2,1-2H3,(H,10,11);1-2,6-7,10H,(H,8,9);1-2H2;1H4. The van der Waals surface area contributed by atoms with Gasteiger partial charge in [-0.3, -0.25) is 0 Å². The lowest BCUT2D eigenvalue weighted by molar-refractivity contribution is -0.215. The number of hydrogen-bond acceptors (Lipinski definition) is 6. The van der Waals surface area contributed by atoms with Crippen molar-refractivity contribution in [2.75, 3.05) is 12.6 Å². The molecule has 0 amide bonds. The Morgan fingerprint density at radius 1 is 1.24 bits per heavy atom. The van der Waals surface area contributed by atoms with Crippen LogP contribution in [0.2, 0.25) is 0 Å². The second-order valence-electron chi connectivity index (χ2n) is 4.87. The molecule has 0 radical (unpaired) electrons. The monoisotopic (exact) mass is 407 g/mol. The average Bonchev–Trinajstić information content (AvgIpc) is 3.24. The Labute approximate surface area is 168 Å². The second-order valence-corrected chi connectivity index (χ2v) is 4.87. The van der Waals surface area contributed by atoms with E-state index in [2.05, 4.69) is 40.3 Å². The predicted molar refractivity (Wildman–Crippen MR) is 107 cm³/mol. The van der Waals surface area contributed by atoms with Crippen LogP contribution in [0.4, 0.5) is 5.69 Å². The van der Waals surface area contributed by atoms with Crippen LogP contribution in [0.1, 0.15) is 34.0 Å². The number of aromatic amines is 1. The molecule has 0 saturated heterocycles. The van der Waals surface area contributed by atoms with Crippen molar-refractivity contribution >= 4 is 17.6 Å². The lowest BCUT2D eigenvalue weighted by Crippen LogP contribution is -2.08. The third kappa shape index (κ3) is 10.9. The Balaban J connectivity index is 0. The van der Waals surface area contributed by atoms with E-state index in [1.54, 1.807) is 16.8 Å². The summed E-state index contributed by atoms with van der Waals surface area (Å²) in [6.07, 6.45) is 3.09. The Morgan fingerprint density at radius 2 is 1.86 bits per heavy atom. The first-order valence-corrected chi connectivity index (χ1v) is 7.46. The van der Waals surface area contributed by atoms with Gasteiger partial charge in [-0.2, -0.15) is 0 Å². The molecule has 10 heteroatoms. The summed E-state index contributed by atoms with van der Waals surface area (Å²) < 4.78 is 6.38. The van der Waals surface area contributed by atoms with E-state index in [0.717, 1.165) is 5.56 Å². The van der Waals surface area contributed by atoms with Crippen LogP contribution in [0.15, 0.2) is 54.9 Å². The van der Waals surface area contributed by atoms with Crippen molar-refractivity contribution < 1.29 is 34.8 Å². The Kier molecular flexibility index (Phi) is 14.5. The largest absolute Gasteiger partial charge is 0.477 e. The Morgan fingerprint density at radius 3 is 2.24 bits per heavy atom. The molecule has 0 fully saturated rings. The number of H-pyrrole nitrogens is 1. The molecule has 2 aromatic heterocycles. The van der Waals surface area contributed by atoms with E-state index in [-0.39, 0.29) is 25.5 Å². The van der Waals surface area contributed by atoms with Crippen LogP contribution >= 0.6 is 0 Å². The van der Waals surface area contributed by atoms with Gasteiger partial charge in [-0.15, -0.1) is 4.99 Å². The molecule has 0 unspecified atom stereocenters. The quantitative estimate of drug-likeness (QED) is 0.278. The van der Waals surface area contributed by atoms with Gasteiger partial charge in [0, 0.05) is 19.5 Å². The summed E-state index contributed by atoms with van der Waals surface area (Å²) in [5, 5.41) is 25.0. The summed E-state index contributed by atoms with van der Waals surface area (Å²) >= 11 is 0. The van der Waals surface area contributed by atoms with Gasteiger partial charge < -0.3 is 24.5 Å². The summed E-state index contributed by atoms with van der Waals surface area (Å²) in [6, 6.07) is 2.89. The van der Waals surface area contributed by atoms with Crippen LogP contribution < -0.4 is 5.48 Å². The third-order valence-electron chi connectivity index (χ3n) is 2.77. The molecule has 29 heavy (non-hydrogen) atoms. The van der Waals surface area contributed by atoms with Crippen LogP contribution in [-0.2, 0) is 16.5 Å². The maximum atomic E-state index is 10.6. The lowest BCUT2D eigenvalue weighted by atomic mass is 10.3. The fourth-order valence-electron chi connectivity index (χ4n) is 1.77. The van der Waals surface area contributed by atoms with E-state index in [4.69, 9.17) is 20.2 Å². The molecule has 0 aliphatic rings. The molecule has 0 aliphatic heterocycles. The average molecular weight is 407 g/mol. The van der Waals surface area contributed by atoms with Gasteiger partial charge in [0.05, 0.1) is 5.69 Å². The highest BCUT2D eigenvalue weighted by atomic mass is 17.2. The SMILES string of the molecule is C.C=C=C=C=C.COCn1cc(C)cc1C(=O)O.O=C(O)c1cc(NOO)c[nH]1. The molecule has 0 aromatic carbocycles. The maximum absolute atomic E-state index is 10.6. The highest BCUT2D eigenvalue weighted by Gasteiger charge is 2.09. The molecule has 10 nitrogen and oxygen atoms in total. The molecule has 0 aliphatic carbocycles. The first-order chi connectivity index (χ1) is 13.3. The fourth-order valence-corrected chi connectivity index (χ4v) is 1.77. The van der Waals surface area contributed by atoms with E-state index in [9.17, 15) is 9.59 Å². The molecule has 2 heterocycles. The summed E-state index contributed by atoms with van der Waals surface area (Å²) in [5.41, 5.74) is 10.7. The highest BCUT2D eigenvalue weighted by Crippen LogP contribution is 2.08. The number of ether oxygens (including phenoxy) is 1. The molecule has 2 aromatic rings. The number of carboxylic acid groups (broad SMARTS) is 2. The van der Waals surface area contributed by atoms with Crippen molar-refractivity contribution in [2.45, 2.75) is 21.1 Å². The van der Waals surface area contributed by atoms with Crippen molar-refractivity contribution in [3.63, 3.8) is 0 Å². The molecule has 0 bridgehead atoms. The second kappa shape index (κ2) is 15.3. The number of nitrogens with one attached hydrogen (secondary N) is 2. The van der Waals surface area contributed by atoms with Crippen molar-refractivity contribution in [3.8, 4) is 0 Å². The number of carboxylic acids is 2. The van der Waals surface area contributed by atoms with E-state index >= 15 is 0 Å². The van der Waals surface area contributed by atoms with Gasteiger partial charge >= 0.3 is 11.9 Å². The van der Waals surface area contributed by atoms with Crippen LogP contribution in [0.3, 0.4) is 0 Å². The molecule has 0 saturated carbocycles. The van der Waals surface area contributed by atoms with Crippen molar-refractivity contribution in [1.82, 2.24) is 9.55 Å².